The Bertz CT molecular complexity index is 488. The second-order valence-corrected chi connectivity index (χ2v) is 6.00. The Labute approximate surface area is 125 Å². The van der Waals surface area contributed by atoms with Gasteiger partial charge in [-0.15, -0.1) is 0 Å². The van der Waals surface area contributed by atoms with E-state index in [1.165, 1.54) is 6.07 Å². The van der Waals surface area contributed by atoms with Gasteiger partial charge in [-0.1, -0.05) is 12.1 Å². The Morgan fingerprint density at radius 1 is 1.29 bits per heavy atom. The minimum absolute atomic E-state index is 0.155. The number of halogens is 1. The van der Waals surface area contributed by atoms with E-state index < -0.39 is 0 Å². The van der Waals surface area contributed by atoms with Crippen LogP contribution in [0.4, 0.5) is 10.1 Å². The molecule has 1 aromatic carbocycles. The van der Waals surface area contributed by atoms with Crippen LogP contribution in [0.25, 0.3) is 0 Å². The molecule has 2 atom stereocenters. The van der Waals surface area contributed by atoms with E-state index in [1.807, 2.05) is 13.0 Å². The molecular formula is C16H24FN3O. The highest BCUT2D eigenvalue weighted by molar-refractivity contribution is 5.57. The van der Waals surface area contributed by atoms with Crippen molar-refractivity contribution in [3.63, 3.8) is 0 Å². The molecule has 3 rings (SSSR count). The molecule has 0 bridgehead atoms. The van der Waals surface area contributed by atoms with Crippen LogP contribution in [0.1, 0.15) is 24.9 Å². The second-order valence-electron chi connectivity index (χ2n) is 6.00. The zero-order chi connectivity index (χ0) is 14.8. The fourth-order valence-corrected chi connectivity index (χ4v) is 3.42. The van der Waals surface area contributed by atoms with Crippen molar-refractivity contribution in [2.24, 2.45) is 5.73 Å². The standard InChI is InChI=1S/C16H24FN3O/c1-12(18)14-3-2-4-15(17)16(14)20-6-5-13(11-20)19-7-9-21-10-8-19/h2-4,12-13H,5-11,18H2,1H3/t12-,13?/m0/s1. The predicted octanol–water partition coefficient (Wildman–Crippen LogP) is 1.76. The zero-order valence-electron chi connectivity index (χ0n) is 12.6. The number of benzene rings is 1. The minimum Gasteiger partial charge on any atom is -0.379 e. The van der Waals surface area contributed by atoms with Gasteiger partial charge in [0.15, 0.2) is 0 Å². The van der Waals surface area contributed by atoms with Crippen molar-refractivity contribution >= 4 is 5.69 Å². The number of hydrogen-bond acceptors (Lipinski definition) is 4. The lowest BCUT2D eigenvalue weighted by molar-refractivity contribution is 0.0209. The summed E-state index contributed by atoms with van der Waals surface area (Å²) in [5, 5.41) is 0. The van der Waals surface area contributed by atoms with Gasteiger partial charge in [-0.3, -0.25) is 4.90 Å². The molecule has 0 aliphatic carbocycles. The highest BCUT2D eigenvalue weighted by Crippen LogP contribution is 2.32. The largest absolute Gasteiger partial charge is 0.379 e. The van der Waals surface area contributed by atoms with Gasteiger partial charge in [-0.25, -0.2) is 4.39 Å². The summed E-state index contributed by atoms with van der Waals surface area (Å²) in [7, 11) is 0. The van der Waals surface area contributed by atoms with Crippen LogP contribution >= 0.6 is 0 Å². The summed E-state index contributed by atoms with van der Waals surface area (Å²) in [6.45, 7) is 7.26. The molecule has 2 heterocycles. The Balaban J connectivity index is 1.77. The molecule has 2 aliphatic rings. The Morgan fingerprint density at radius 2 is 2.05 bits per heavy atom. The van der Waals surface area contributed by atoms with E-state index in [4.69, 9.17) is 10.5 Å². The number of para-hydroxylation sites is 1. The highest BCUT2D eigenvalue weighted by Gasteiger charge is 2.31. The van der Waals surface area contributed by atoms with E-state index in [0.717, 1.165) is 51.4 Å². The molecule has 4 nitrogen and oxygen atoms in total. The number of anilines is 1. The molecular weight excluding hydrogens is 269 g/mol. The molecule has 2 aliphatic heterocycles. The molecule has 2 saturated heterocycles. The number of nitrogens with zero attached hydrogens (tertiary/aromatic N) is 2. The average Bonchev–Trinajstić information content (AvgIpc) is 2.97. The molecule has 0 spiro atoms. The van der Waals surface area contributed by atoms with Crippen molar-refractivity contribution in [1.29, 1.82) is 0 Å². The van der Waals surface area contributed by atoms with Crippen LogP contribution in [-0.2, 0) is 4.74 Å². The number of hydrogen-bond donors (Lipinski definition) is 1. The van der Waals surface area contributed by atoms with Gasteiger partial charge < -0.3 is 15.4 Å². The monoisotopic (exact) mass is 293 g/mol. The normalized spacial score (nSPS) is 25.3. The van der Waals surface area contributed by atoms with Gasteiger partial charge in [-0.05, 0) is 25.0 Å². The molecule has 2 N–H and O–H groups in total. The smallest absolute Gasteiger partial charge is 0.146 e. The van der Waals surface area contributed by atoms with Crippen LogP contribution in [0.5, 0.6) is 0 Å². The van der Waals surface area contributed by atoms with Crippen molar-refractivity contribution in [1.82, 2.24) is 4.90 Å². The summed E-state index contributed by atoms with van der Waals surface area (Å²) < 4.78 is 19.7. The van der Waals surface area contributed by atoms with Crippen LogP contribution in [-0.4, -0.2) is 50.3 Å². The van der Waals surface area contributed by atoms with Gasteiger partial charge in [-0.2, -0.15) is 0 Å². The van der Waals surface area contributed by atoms with E-state index in [0.29, 0.717) is 11.7 Å². The minimum atomic E-state index is -0.160. The van der Waals surface area contributed by atoms with E-state index in [1.54, 1.807) is 6.07 Å². The molecule has 0 radical (unpaired) electrons. The molecule has 1 aromatic rings. The molecule has 0 amide bonds. The number of ether oxygens (including phenoxy) is 1. The van der Waals surface area contributed by atoms with E-state index >= 15 is 0 Å². The maximum Gasteiger partial charge on any atom is 0.146 e. The maximum absolute atomic E-state index is 14.3. The van der Waals surface area contributed by atoms with Gasteiger partial charge >= 0.3 is 0 Å². The van der Waals surface area contributed by atoms with Crippen LogP contribution in [0.15, 0.2) is 18.2 Å². The first-order valence-electron chi connectivity index (χ1n) is 7.77. The summed E-state index contributed by atoms with van der Waals surface area (Å²) in [5.41, 5.74) is 7.61. The average molecular weight is 293 g/mol. The van der Waals surface area contributed by atoms with Gasteiger partial charge in [0.05, 0.1) is 18.9 Å². The predicted molar refractivity (Wildman–Crippen MR) is 82.0 cm³/mol. The van der Waals surface area contributed by atoms with Gasteiger partial charge in [0.2, 0.25) is 0 Å². The first kappa shape index (κ1) is 14.8. The quantitative estimate of drug-likeness (QED) is 0.922. The molecule has 21 heavy (non-hydrogen) atoms. The Hall–Kier alpha value is -1.17. The van der Waals surface area contributed by atoms with Crippen molar-refractivity contribution < 1.29 is 9.13 Å². The Morgan fingerprint density at radius 3 is 2.76 bits per heavy atom. The fourth-order valence-electron chi connectivity index (χ4n) is 3.42. The van der Waals surface area contributed by atoms with Crippen molar-refractivity contribution in [2.45, 2.75) is 25.4 Å². The molecule has 0 aromatic heterocycles. The highest BCUT2D eigenvalue weighted by atomic mass is 19.1. The number of rotatable bonds is 3. The summed E-state index contributed by atoms with van der Waals surface area (Å²) in [6.07, 6.45) is 1.08. The topological polar surface area (TPSA) is 41.7 Å². The molecule has 116 valence electrons. The Kier molecular flexibility index (Phi) is 4.42. The third kappa shape index (κ3) is 3.05. The van der Waals surface area contributed by atoms with Crippen LogP contribution in [0.3, 0.4) is 0 Å². The van der Waals surface area contributed by atoms with Crippen molar-refractivity contribution in [2.75, 3.05) is 44.3 Å². The molecule has 2 fully saturated rings. The fraction of sp³-hybridized carbons (Fsp3) is 0.625. The summed E-state index contributed by atoms with van der Waals surface area (Å²) >= 11 is 0. The first-order valence-corrected chi connectivity index (χ1v) is 7.77. The second kappa shape index (κ2) is 6.30. The lowest BCUT2D eigenvalue weighted by Gasteiger charge is -2.32. The van der Waals surface area contributed by atoms with Crippen LogP contribution in [0.2, 0.25) is 0 Å². The van der Waals surface area contributed by atoms with E-state index in [-0.39, 0.29) is 11.9 Å². The SMILES string of the molecule is C[C@H](N)c1cccc(F)c1N1CCC(N2CCOCC2)C1. The summed E-state index contributed by atoms with van der Waals surface area (Å²) in [5.74, 6) is -0.160. The molecule has 0 saturated carbocycles. The molecule has 1 unspecified atom stereocenters. The lowest BCUT2D eigenvalue weighted by atomic mass is 10.1. The van der Waals surface area contributed by atoms with E-state index in [2.05, 4.69) is 9.80 Å². The van der Waals surface area contributed by atoms with Crippen LogP contribution in [0, 0.1) is 5.82 Å². The van der Waals surface area contributed by atoms with Gasteiger partial charge in [0.1, 0.15) is 5.82 Å². The maximum atomic E-state index is 14.3. The zero-order valence-corrected chi connectivity index (χ0v) is 12.6. The third-order valence-electron chi connectivity index (χ3n) is 4.55. The first-order chi connectivity index (χ1) is 10.2. The molecule has 5 heteroatoms. The third-order valence-corrected chi connectivity index (χ3v) is 4.55. The van der Waals surface area contributed by atoms with Gasteiger partial charge in [0, 0.05) is 38.3 Å². The number of morpholine rings is 1. The summed E-state index contributed by atoms with van der Waals surface area (Å²) in [6, 6.07) is 5.55. The van der Waals surface area contributed by atoms with Gasteiger partial charge in [0.25, 0.3) is 0 Å². The van der Waals surface area contributed by atoms with Crippen LogP contribution < -0.4 is 10.6 Å². The summed E-state index contributed by atoms with van der Waals surface area (Å²) in [4.78, 5) is 4.63. The lowest BCUT2D eigenvalue weighted by Crippen LogP contribution is -2.44. The van der Waals surface area contributed by atoms with Crippen molar-refractivity contribution in [3.05, 3.63) is 29.6 Å². The van der Waals surface area contributed by atoms with Crippen molar-refractivity contribution in [3.8, 4) is 0 Å². The number of nitrogens with two attached hydrogens (primary N) is 1. The van der Waals surface area contributed by atoms with E-state index in [9.17, 15) is 4.39 Å².